The Morgan fingerprint density at radius 3 is 2.48 bits per heavy atom. The molecule has 0 unspecified atom stereocenters. The molecule has 1 aliphatic heterocycles. The first kappa shape index (κ1) is 27.1. The fourth-order valence-electron chi connectivity index (χ4n) is 4.97. The van der Waals surface area contributed by atoms with Crippen molar-refractivity contribution in [3.8, 4) is 17.2 Å². The second kappa shape index (κ2) is 11.8. The number of rotatable bonds is 7. The van der Waals surface area contributed by atoms with Gasteiger partial charge in [-0.25, -0.2) is 9.37 Å². The Labute approximate surface area is 241 Å². The van der Waals surface area contributed by atoms with Gasteiger partial charge in [0.1, 0.15) is 28.7 Å². The maximum Gasteiger partial charge on any atom is 0.267 e. The number of nitrogens with one attached hydrogen (secondary N) is 1. The van der Waals surface area contributed by atoms with E-state index in [-0.39, 0.29) is 5.56 Å². The predicted octanol–water partition coefficient (Wildman–Crippen LogP) is 5.11. The molecule has 6 rings (SSSR count). The molecule has 1 saturated heterocycles. The number of halogens is 1. The summed E-state index contributed by atoms with van der Waals surface area (Å²) in [6.07, 6.45) is 4.99. The van der Waals surface area contributed by atoms with Crippen LogP contribution in [-0.2, 0) is 0 Å². The molecule has 0 spiro atoms. The molecule has 1 aliphatic rings. The van der Waals surface area contributed by atoms with Crippen LogP contribution in [0.4, 0.5) is 15.9 Å². The summed E-state index contributed by atoms with van der Waals surface area (Å²) >= 11 is 0. The normalized spacial score (nSPS) is 13.7. The van der Waals surface area contributed by atoms with Crippen molar-refractivity contribution in [2.24, 2.45) is 0 Å². The average Bonchev–Trinajstić information content (AvgIpc) is 3.02. The van der Waals surface area contributed by atoms with Crippen LogP contribution in [0.3, 0.4) is 0 Å². The minimum atomic E-state index is -0.551. The second-order valence-corrected chi connectivity index (χ2v) is 9.94. The van der Waals surface area contributed by atoms with E-state index in [2.05, 4.69) is 32.0 Å². The van der Waals surface area contributed by atoms with Crippen LogP contribution in [0.15, 0.2) is 96.2 Å². The van der Waals surface area contributed by atoms with Crippen LogP contribution in [-0.4, -0.2) is 58.1 Å². The van der Waals surface area contributed by atoms with E-state index in [1.54, 1.807) is 42.7 Å². The molecule has 0 atom stereocenters. The molecule has 10 heteroatoms. The van der Waals surface area contributed by atoms with Crippen molar-refractivity contribution in [2.45, 2.75) is 6.92 Å². The first-order chi connectivity index (χ1) is 20.5. The molecular formula is C32H29FN6O3. The van der Waals surface area contributed by atoms with Crippen LogP contribution < -0.4 is 20.5 Å². The van der Waals surface area contributed by atoms with Gasteiger partial charge in [-0.2, -0.15) is 0 Å². The van der Waals surface area contributed by atoms with Crippen molar-refractivity contribution in [1.29, 1.82) is 0 Å². The zero-order chi connectivity index (χ0) is 29.1. The maximum atomic E-state index is 13.3. The van der Waals surface area contributed by atoms with Crippen molar-refractivity contribution in [2.75, 3.05) is 42.9 Å². The fraction of sp³-hybridized carbons (Fsp3) is 0.188. The zero-order valence-electron chi connectivity index (χ0n) is 23.0. The molecule has 0 aliphatic carbocycles. The SMILES string of the molecule is CCN1CCN(c2cc3c(Oc4ccc(NC(=O)c5cccn(-c6ccc(F)cc6)c5=O)cc4)ccnc3cn2)CC1. The van der Waals surface area contributed by atoms with Crippen LogP contribution in [0, 0.1) is 5.82 Å². The standard InChI is InChI=1S/C32H29FN6O3/c1-2-37-16-18-38(19-17-37)30-20-27-28(21-35-30)34-14-13-29(27)42-25-11-7-23(8-12-25)36-31(40)26-4-3-15-39(32(26)41)24-9-5-22(33)6-10-24/h3-15,20-21H,2,16-19H2,1H3,(H,36,40). The summed E-state index contributed by atoms with van der Waals surface area (Å²) in [5.74, 6) is 1.17. The number of benzene rings is 2. The number of hydrogen-bond donors (Lipinski definition) is 1. The molecule has 0 radical (unpaired) electrons. The molecule has 212 valence electrons. The number of anilines is 2. The lowest BCUT2D eigenvalue weighted by molar-refractivity contribution is 0.102. The van der Waals surface area contributed by atoms with Gasteiger partial charge in [0.25, 0.3) is 11.5 Å². The average molecular weight is 565 g/mol. The molecule has 1 N–H and O–H groups in total. The topological polar surface area (TPSA) is 92.6 Å². The van der Waals surface area contributed by atoms with Crippen LogP contribution in [0.1, 0.15) is 17.3 Å². The molecule has 2 aromatic carbocycles. The van der Waals surface area contributed by atoms with Crippen molar-refractivity contribution < 1.29 is 13.9 Å². The van der Waals surface area contributed by atoms with E-state index in [1.165, 1.54) is 41.1 Å². The Balaban J connectivity index is 1.17. The van der Waals surface area contributed by atoms with E-state index in [4.69, 9.17) is 4.74 Å². The summed E-state index contributed by atoms with van der Waals surface area (Å²) in [6.45, 7) is 7.07. The van der Waals surface area contributed by atoms with Crippen LogP contribution in [0.2, 0.25) is 0 Å². The number of pyridine rings is 3. The third-order valence-electron chi connectivity index (χ3n) is 7.35. The Bertz CT molecular complexity index is 1780. The zero-order valence-corrected chi connectivity index (χ0v) is 23.0. The highest BCUT2D eigenvalue weighted by Gasteiger charge is 2.18. The summed E-state index contributed by atoms with van der Waals surface area (Å²) < 4.78 is 20.8. The summed E-state index contributed by atoms with van der Waals surface area (Å²) in [6, 6.07) is 19.3. The predicted molar refractivity (Wildman–Crippen MR) is 160 cm³/mol. The summed E-state index contributed by atoms with van der Waals surface area (Å²) in [5, 5.41) is 3.62. The van der Waals surface area contributed by atoms with Gasteiger partial charge < -0.3 is 19.9 Å². The fourth-order valence-corrected chi connectivity index (χ4v) is 4.97. The highest BCUT2D eigenvalue weighted by Crippen LogP contribution is 2.31. The highest BCUT2D eigenvalue weighted by molar-refractivity contribution is 6.04. The Morgan fingerprint density at radius 1 is 0.976 bits per heavy atom. The van der Waals surface area contributed by atoms with Crippen molar-refractivity contribution in [3.05, 3.63) is 113 Å². The number of hydrogen-bond acceptors (Lipinski definition) is 7. The van der Waals surface area contributed by atoms with Gasteiger partial charge in [0.15, 0.2) is 0 Å². The Kier molecular flexibility index (Phi) is 7.61. The largest absolute Gasteiger partial charge is 0.457 e. The number of aromatic nitrogens is 3. The number of carbonyl (C=O) groups is 1. The minimum absolute atomic E-state index is 0.0362. The first-order valence-corrected chi connectivity index (χ1v) is 13.8. The number of likely N-dealkylation sites (N-methyl/N-ethyl adjacent to an activating group) is 1. The summed E-state index contributed by atoms with van der Waals surface area (Å²) in [5.41, 5.74) is 1.16. The lowest BCUT2D eigenvalue weighted by Gasteiger charge is -2.34. The minimum Gasteiger partial charge on any atom is -0.457 e. The molecular weight excluding hydrogens is 535 g/mol. The second-order valence-electron chi connectivity index (χ2n) is 9.94. The molecule has 42 heavy (non-hydrogen) atoms. The van der Waals surface area contributed by atoms with E-state index in [0.717, 1.165) is 49.4 Å². The van der Waals surface area contributed by atoms with Gasteiger partial charge in [-0.15, -0.1) is 0 Å². The Morgan fingerprint density at radius 2 is 1.74 bits per heavy atom. The van der Waals surface area contributed by atoms with Gasteiger partial charge >= 0.3 is 0 Å². The first-order valence-electron chi connectivity index (χ1n) is 13.8. The van der Waals surface area contributed by atoms with E-state index in [0.29, 0.717) is 22.9 Å². The Hall–Kier alpha value is -5.09. The van der Waals surface area contributed by atoms with Crippen LogP contribution >= 0.6 is 0 Å². The molecule has 0 bridgehead atoms. The number of ether oxygens (including phenoxy) is 1. The smallest absolute Gasteiger partial charge is 0.267 e. The molecule has 0 saturated carbocycles. The maximum absolute atomic E-state index is 13.3. The number of amides is 1. The highest BCUT2D eigenvalue weighted by atomic mass is 19.1. The molecule has 1 fully saturated rings. The van der Waals surface area contributed by atoms with Crippen molar-refractivity contribution in [1.82, 2.24) is 19.4 Å². The van der Waals surface area contributed by atoms with Gasteiger partial charge in [-0.05, 0) is 79.3 Å². The van der Waals surface area contributed by atoms with Gasteiger partial charge in [0, 0.05) is 55.3 Å². The lowest BCUT2D eigenvalue weighted by Crippen LogP contribution is -2.46. The van der Waals surface area contributed by atoms with E-state index >= 15 is 0 Å². The number of nitrogens with zero attached hydrogens (tertiary/aromatic N) is 5. The van der Waals surface area contributed by atoms with Crippen molar-refractivity contribution >= 4 is 28.3 Å². The van der Waals surface area contributed by atoms with Gasteiger partial charge in [-0.3, -0.25) is 19.1 Å². The number of carbonyl (C=O) groups excluding carboxylic acids is 1. The lowest BCUT2D eigenvalue weighted by atomic mass is 10.2. The third-order valence-corrected chi connectivity index (χ3v) is 7.35. The van der Waals surface area contributed by atoms with E-state index < -0.39 is 17.3 Å². The van der Waals surface area contributed by atoms with Gasteiger partial charge in [0.05, 0.1) is 11.7 Å². The molecule has 1 amide bonds. The molecule has 3 aromatic heterocycles. The monoisotopic (exact) mass is 564 g/mol. The third kappa shape index (κ3) is 5.70. The summed E-state index contributed by atoms with van der Waals surface area (Å²) in [7, 11) is 0. The van der Waals surface area contributed by atoms with E-state index in [9.17, 15) is 14.0 Å². The number of piperazine rings is 1. The molecule has 5 aromatic rings. The van der Waals surface area contributed by atoms with E-state index in [1.807, 2.05) is 12.1 Å². The van der Waals surface area contributed by atoms with Crippen molar-refractivity contribution in [3.63, 3.8) is 0 Å². The number of fused-ring (bicyclic) bond motifs is 1. The summed E-state index contributed by atoms with van der Waals surface area (Å²) in [4.78, 5) is 39.7. The van der Waals surface area contributed by atoms with Crippen LogP contribution in [0.25, 0.3) is 16.6 Å². The van der Waals surface area contributed by atoms with Crippen LogP contribution in [0.5, 0.6) is 11.5 Å². The molecule has 9 nitrogen and oxygen atoms in total. The van der Waals surface area contributed by atoms with Gasteiger partial charge in [0.2, 0.25) is 0 Å². The quantitative estimate of drug-likeness (QED) is 0.294. The van der Waals surface area contributed by atoms with Gasteiger partial charge in [-0.1, -0.05) is 6.92 Å². The molecule has 4 heterocycles.